The molecule has 0 amide bonds. The molecule has 3 unspecified atom stereocenters. The molecule has 0 aliphatic heterocycles. The van der Waals surface area contributed by atoms with Crippen molar-refractivity contribution in [1.82, 2.24) is 0 Å². The van der Waals surface area contributed by atoms with E-state index in [4.69, 9.17) is 0 Å². The first-order chi connectivity index (χ1) is 8.56. The van der Waals surface area contributed by atoms with E-state index in [2.05, 4.69) is 20.1 Å². The number of rotatable bonds is 7. The third-order valence-electron chi connectivity index (χ3n) is 3.49. The van der Waals surface area contributed by atoms with Crippen molar-refractivity contribution in [3.8, 4) is 0 Å². The lowest BCUT2D eigenvalue weighted by Gasteiger charge is -2.24. The molecule has 98 valence electrons. The van der Waals surface area contributed by atoms with E-state index in [1.807, 2.05) is 43.3 Å². The largest absolute Gasteiger partial charge is 0.388 e. The Labute approximate surface area is 111 Å². The third-order valence-corrected chi connectivity index (χ3v) is 3.49. The highest BCUT2D eigenvalue weighted by Crippen LogP contribution is 2.31. The van der Waals surface area contributed by atoms with Crippen LogP contribution in [0.4, 0.5) is 0 Å². The monoisotopic (exact) mass is 244 g/mol. The summed E-state index contributed by atoms with van der Waals surface area (Å²) < 4.78 is 0. The Hall–Kier alpha value is -1.34. The van der Waals surface area contributed by atoms with Crippen LogP contribution in [0.5, 0.6) is 0 Å². The molecule has 3 atom stereocenters. The molecule has 1 aromatic carbocycles. The van der Waals surface area contributed by atoms with Crippen LogP contribution in [0.25, 0.3) is 0 Å². The van der Waals surface area contributed by atoms with Crippen LogP contribution in [0.2, 0.25) is 0 Å². The standard InChI is InChI=1S/C17H24O/c1-5-14(4)11-12-16(13(2)3)17(18)15-9-7-6-8-10-15/h5-10,14,16-18H,1-2,11-12H2,3-4H3. The predicted molar refractivity (Wildman–Crippen MR) is 78.3 cm³/mol. The molecule has 0 saturated carbocycles. The summed E-state index contributed by atoms with van der Waals surface area (Å²) in [7, 11) is 0. The van der Waals surface area contributed by atoms with Gasteiger partial charge < -0.3 is 5.11 Å². The lowest BCUT2D eigenvalue weighted by Crippen LogP contribution is -2.14. The number of hydrogen-bond donors (Lipinski definition) is 1. The Morgan fingerprint density at radius 3 is 2.39 bits per heavy atom. The van der Waals surface area contributed by atoms with Crippen LogP contribution >= 0.6 is 0 Å². The van der Waals surface area contributed by atoms with Gasteiger partial charge >= 0.3 is 0 Å². The maximum atomic E-state index is 10.4. The van der Waals surface area contributed by atoms with E-state index in [9.17, 15) is 5.11 Å². The van der Waals surface area contributed by atoms with Crippen molar-refractivity contribution in [2.24, 2.45) is 11.8 Å². The third kappa shape index (κ3) is 4.15. The number of allylic oxidation sites excluding steroid dienone is 1. The molecule has 1 aromatic rings. The van der Waals surface area contributed by atoms with Crippen molar-refractivity contribution in [3.05, 3.63) is 60.7 Å². The van der Waals surface area contributed by atoms with Gasteiger partial charge in [-0.2, -0.15) is 0 Å². The highest BCUT2D eigenvalue weighted by atomic mass is 16.3. The summed E-state index contributed by atoms with van der Waals surface area (Å²) in [5, 5.41) is 10.4. The van der Waals surface area contributed by atoms with E-state index in [1.54, 1.807) is 0 Å². The highest BCUT2D eigenvalue weighted by molar-refractivity contribution is 5.20. The van der Waals surface area contributed by atoms with Gasteiger partial charge in [0.05, 0.1) is 6.10 Å². The Bertz CT molecular complexity index is 380. The van der Waals surface area contributed by atoms with Crippen LogP contribution in [0.1, 0.15) is 38.4 Å². The minimum absolute atomic E-state index is 0.120. The summed E-state index contributed by atoms with van der Waals surface area (Å²) in [4.78, 5) is 0. The Balaban J connectivity index is 2.73. The van der Waals surface area contributed by atoms with Gasteiger partial charge in [-0.1, -0.05) is 55.5 Å². The van der Waals surface area contributed by atoms with Crippen LogP contribution in [0, 0.1) is 11.8 Å². The Morgan fingerprint density at radius 1 is 1.28 bits per heavy atom. The molecule has 18 heavy (non-hydrogen) atoms. The molecular weight excluding hydrogens is 220 g/mol. The van der Waals surface area contributed by atoms with Crippen LogP contribution < -0.4 is 0 Å². The van der Waals surface area contributed by atoms with Gasteiger partial charge in [0.25, 0.3) is 0 Å². The van der Waals surface area contributed by atoms with Crippen LogP contribution in [-0.2, 0) is 0 Å². The lowest BCUT2D eigenvalue weighted by atomic mass is 9.85. The van der Waals surface area contributed by atoms with Gasteiger partial charge in [0.1, 0.15) is 0 Å². The van der Waals surface area contributed by atoms with E-state index in [1.165, 1.54) is 0 Å². The summed E-state index contributed by atoms with van der Waals surface area (Å²) in [6.45, 7) is 12.0. The Kier molecular flexibility index (Phi) is 5.87. The predicted octanol–water partition coefficient (Wildman–Crippen LogP) is 4.51. The van der Waals surface area contributed by atoms with Crippen LogP contribution in [0.15, 0.2) is 55.1 Å². The van der Waals surface area contributed by atoms with E-state index in [0.717, 1.165) is 24.0 Å². The molecule has 0 saturated heterocycles. The van der Waals surface area contributed by atoms with Crippen molar-refractivity contribution in [3.63, 3.8) is 0 Å². The molecule has 0 heterocycles. The second-order valence-corrected chi connectivity index (χ2v) is 5.10. The normalized spacial score (nSPS) is 15.7. The zero-order valence-electron chi connectivity index (χ0n) is 11.5. The Morgan fingerprint density at radius 2 is 1.89 bits per heavy atom. The first kappa shape index (κ1) is 14.7. The maximum Gasteiger partial charge on any atom is 0.0855 e. The summed E-state index contributed by atoms with van der Waals surface area (Å²) in [6.07, 6.45) is 3.48. The molecule has 0 spiro atoms. The van der Waals surface area contributed by atoms with Crippen molar-refractivity contribution < 1.29 is 5.11 Å². The zero-order valence-corrected chi connectivity index (χ0v) is 11.5. The van der Waals surface area contributed by atoms with Crippen molar-refractivity contribution in [2.45, 2.75) is 32.8 Å². The molecular formula is C17H24O. The molecule has 1 heteroatoms. The zero-order chi connectivity index (χ0) is 13.5. The van der Waals surface area contributed by atoms with E-state index in [-0.39, 0.29) is 5.92 Å². The summed E-state index contributed by atoms with van der Waals surface area (Å²) in [5.41, 5.74) is 2.01. The van der Waals surface area contributed by atoms with Crippen LogP contribution in [-0.4, -0.2) is 5.11 Å². The summed E-state index contributed by atoms with van der Waals surface area (Å²) in [6, 6.07) is 9.82. The second-order valence-electron chi connectivity index (χ2n) is 5.10. The average Bonchev–Trinajstić information content (AvgIpc) is 2.39. The first-order valence-corrected chi connectivity index (χ1v) is 6.57. The fourth-order valence-electron chi connectivity index (χ4n) is 2.12. The second kappa shape index (κ2) is 7.17. The number of benzene rings is 1. The first-order valence-electron chi connectivity index (χ1n) is 6.57. The van der Waals surface area contributed by atoms with E-state index < -0.39 is 6.10 Å². The van der Waals surface area contributed by atoms with Crippen molar-refractivity contribution >= 4 is 0 Å². The van der Waals surface area contributed by atoms with Gasteiger partial charge in [0, 0.05) is 5.92 Å². The van der Waals surface area contributed by atoms with Crippen molar-refractivity contribution in [2.75, 3.05) is 0 Å². The van der Waals surface area contributed by atoms with E-state index in [0.29, 0.717) is 5.92 Å². The molecule has 0 aromatic heterocycles. The number of hydrogen-bond acceptors (Lipinski definition) is 1. The fraction of sp³-hybridized carbons (Fsp3) is 0.412. The smallest absolute Gasteiger partial charge is 0.0855 e. The highest BCUT2D eigenvalue weighted by Gasteiger charge is 2.21. The SMILES string of the molecule is C=CC(C)CCC(C(=C)C)C(O)c1ccccc1. The molecule has 0 aliphatic rings. The summed E-state index contributed by atoms with van der Waals surface area (Å²) in [5.74, 6) is 0.602. The van der Waals surface area contributed by atoms with Crippen molar-refractivity contribution in [1.29, 1.82) is 0 Å². The van der Waals surface area contributed by atoms with E-state index >= 15 is 0 Å². The number of aliphatic hydroxyl groups excluding tert-OH is 1. The van der Waals surface area contributed by atoms with Gasteiger partial charge in [0.15, 0.2) is 0 Å². The molecule has 0 aliphatic carbocycles. The minimum Gasteiger partial charge on any atom is -0.388 e. The average molecular weight is 244 g/mol. The molecule has 0 bridgehead atoms. The van der Waals surface area contributed by atoms with Gasteiger partial charge in [-0.05, 0) is 31.2 Å². The molecule has 1 rings (SSSR count). The quantitative estimate of drug-likeness (QED) is 0.699. The van der Waals surface area contributed by atoms with Gasteiger partial charge in [-0.3, -0.25) is 0 Å². The molecule has 1 nitrogen and oxygen atoms in total. The topological polar surface area (TPSA) is 20.2 Å². The molecule has 1 N–H and O–H groups in total. The van der Waals surface area contributed by atoms with Crippen LogP contribution in [0.3, 0.4) is 0 Å². The van der Waals surface area contributed by atoms with Gasteiger partial charge in [0.2, 0.25) is 0 Å². The fourth-order valence-corrected chi connectivity index (χ4v) is 2.12. The number of aliphatic hydroxyl groups is 1. The summed E-state index contributed by atoms with van der Waals surface area (Å²) >= 11 is 0. The molecule has 0 radical (unpaired) electrons. The molecule has 0 fully saturated rings. The minimum atomic E-state index is -0.458. The maximum absolute atomic E-state index is 10.4. The van der Waals surface area contributed by atoms with Gasteiger partial charge in [-0.15, -0.1) is 6.58 Å². The lowest BCUT2D eigenvalue weighted by molar-refractivity contribution is 0.119. The van der Waals surface area contributed by atoms with Gasteiger partial charge in [-0.25, -0.2) is 0 Å².